The number of fused-ring (bicyclic) bond motifs is 4. The van der Waals surface area contributed by atoms with E-state index in [1.165, 1.54) is 16.7 Å². The van der Waals surface area contributed by atoms with Crippen LogP contribution in [0.4, 0.5) is 5.82 Å². The average molecular weight is 352 g/mol. The smallest absolute Gasteiger partial charge is 0.157 e. The van der Waals surface area contributed by atoms with E-state index in [1.807, 2.05) is 24.3 Å². The first-order valence-electron chi connectivity index (χ1n) is 9.49. The van der Waals surface area contributed by atoms with Crippen molar-refractivity contribution >= 4 is 22.5 Å². The lowest BCUT2D eigenvalue weighted by atomic mass is 9.89. The van der Waals surface area contributed by atoms with E-state index in [4.69, 9.17) is 4.98 Å². The second kappa shape index (κ2) is 6.44. The number of anilines is 1. The van der Waals surface area contributed by atoms with Gasteiger partial charge in [0.15, 0.2) is 5.65 Å². The summed E-state index contributed by atoms with van der Waals surface area (Å²) in [6.45, 7) is 0.751. The summed E-state index contributed by atoms with van der Waals surface area (Å²) in [6.07, 6.45) is 4.26. The quantitative estimate of drug-likeness (QED) is 0.573. The zero-order chi connectivity index (χ0) is 18.2. The third-order valence-electron chi connectivity index (χ3n) is 5.48. The molecule has 0 bridgehead atoms. The Balaban J connectivity index is 1.78. The van der Waals surface area contributed by atoms with Crippen LogP contribution in [-0.2, 0) is 19.4 Å². The van der Waals surface area contributed by atoms with Crippen LogP contribution < -0.4 is 5.32 Å². The van der Waals surface area contributed by atoms with Crippen molar-refractivity contribution < 1.29 is 0 Å². The van der Waals surface area contributed by atoms with Crippen molar-refractivity contribution in [2.75, 3.05) is 5.32 Å². The average Bonchev–Trinajstić information content (AvgIpc) is 3.11. The molecule has 4 aromatic rings. The summed E-state index contributed by atoms with van der Waals surface area (Å²) in [5, 5.41) is 13.6. The van der Waals surface area contributed by atoms with Gasteiger partial charge in [0.05, 0.1) is 16.6 Å². The molecule has 0 atom stereocenters. The number of hydrogen-bond acceptors (Lipinski definition) is 3. The van der Waals surface area contributed by atoms with Gasteiger partial charge in [-0.15, -0.1) is 0 Å². The van der Waals surface area contributed by atoms with Gasteiger partial charge in [0.1, 0.15) is 11.9 Å². The number of aromatic nitrogens is 2. The maximum Gasteiger partial charge on any atom is 0.157 e. The molecule has 4 nitrogen and oxygen atoms in total. The van der Waals surface area contributed by atoms with E-state index >= 15 is 0 Å². The number of hydrogen-bond donors (Lipinski definition) is 1. The predicted molar refractivity (Wildman–Crippen MR) is 108 cm³/mol. The summed E-state index contributed by atoms with van der Waals surface area (Å²) >= 11 is 0. The van der Waals surface area contributed by atoms with E-state index in [0.29, 0.717) is 0 Å². The molecule has 0 spiro atoms. The van der Waals surface area contributed by atoms with Crippen LogP contribution in [0.5, 0.6) is 0 Å². The van der Waals surface area contributed by atoms with Gasteiger partial charge < -0.3 is 5.32 Å². The number of nitrogens with zero attached hydrogens (tertiary/aromatic N) is 3. The minimum absolute atomic E-state index is 0.742. The zero-order valence-electron chi connectivity index (χ0n) is 15.1. The molecule has 2 heterocycles. The van der Waals surface area contributed by atoms with E-state index in [0.717, 1.165) is 60.3 Å². The fourth-order valence-corrected chi connectivity index (χ4v) is 4.22. The van der Waals surface area contributed by atoms with Gasteiger partial charge in [0.25, 0.3) is 0 Å². The van der Waals surface area contributed by atoms with E-state index in [9.17, 15) is 5.26 Å². The van der Waals surface area contributed by atoms with Gasteiger partial charge in [-0.3, -0.25) is 4.40 Å². The first kappa shape index (κ1) is 15.9. The zero-order valence-corrected chi connectivity index (χ0v) is 15.1. The molecule has 0 saturated carbocycles. The topological polar surface area (TPSA) is 53.1 Å². The molecule has 0 amide bonds. The van der Waals surface area contributed by atoms with Gasteiger partial charge in [-0.25, -0.2) is 4.98 Å². The van der Waals surface area contributed by atoms with Crippen molar-refractivity contribution in [2.45, 2.75) is 32.2 Å². The molecule has 1 N–H and O–H groups in total. The van der Waals surface area contributed by atoms with E-state index in [2.05, 4.69) is 46.1 Å². The van der Waals surface area contributed by atoms with Crippen LogP contribution in [0.1, 0.15) is 35.1 Å². The van der Waals surface area contributed by atoms with Crippen molar-refractivity contribution in [3.63, 3.8) is 0 Å². The third kappa shape index (κ3) is 2.55. The van der Waals surface area contributed by atoms with Crippen molar-refractivity contribution in [1.82, 2.24) is 9.38 Å². The summed E-state index contributed by atoms with van der Waals surface area (Å²) in [4.78, 5) is 4.81. The molecule has 4 heteroatoms. The van der Waals surface area contributed by atoms with E-state index in [1.54, 1.807) is 0 Å². The number of nitriles is 1. The van der Waals surface area contributed by atoms with Gasteiger partial charge >= 0.3 is 0 Å². The normalized spacial score (nSPS) is 13.4. The summed E-state index contributed by atoms with van der Waals surface area (Å²) < 4.78 is 2.15. The van der Waals surface area contributed by atoms with Crippen LogP contribution in [0.25, 0.3) is 16.7 Å². The summed E-state index contributed by atoms with van der Waals surface area (Å²) in [5.41, 5.74) is 7.20. The molecule has 1 aliphatic carbocycles. The molecular formula is C23H20N4. The number of benzene rings is 2. The van der Waals surface area contributed by atoms with Gasteiger partial charge in [-0.1, -0.05) is 42.5 Å². The van der Waals surface area contributed by atoms with Crippen molar-refractivity contribution in [3.05, 3.63) is 76.9 Å². The summed E-state index contributed by atoms with van der Waals surface area (Å²) in [7, 11) is 0. The molecule has 5 rings (SSSR count). The van der Waals surface area contributed by atoms with Crippen molar-refractivity contribution in [3.8, 4) is 6.07 Å². The highest BCUT2D eigenvalue weighted by atomic mass is 15.1. The molecule has 1 aliphatic rings. The highest BCUT2D eigenvalue weighted by Gasteiger charge is 2.24. The van der Waals surface area contributed by atoms with Crippen molar-refractivity contribution in [2.24, 2.45) is 0 Å². The Morgan fingerprint density at radius 3 is 2.52 bits per heavy atom. The maximum absolute atomic E-state index is 9.89. The molecule has 132 valence electrons. The lowest BCUT2D eigenvalue weighted by Gasteiger charge is -2.23. The monoisotopic (exact) mass is 352 g/mol. The lowest BCUT2D eigenvalue weighted by molar-refractivity contribution is 0.681. The Bertz CT molecular complexity index is 1180. The Morgan fingerprint density at radius 1 is 0.963 bits per heavy atom. The summed E-state index contributed by atoms with van der Waals surface area (Å²) in [5.74, 6) is 1.09. The van der Waals surface area contributed by atoms with E-state index < -0.39 is 0 Å². The molecule has 0 fully saturated rings. The number of pyridine rings is 1. The lowest BCUT2D eigenvalue weighted by Crippen LogP contribution is -2.15. The van der Waals surface area contributed by atoms with Gasteiger partial charge in [-0.05, 0) is 54.5 Å². The number of nitrogens with one attached hydrogen (secondary N) is 1. The molecule has 2 aromatic carbocycles. The number of rotatable bonds is 3. The minimum Gasteiger partial charge on any atom is -0.367 e. The number of para-hydroxylation sites is 2. The molecule has 0 saturated heterocycles. The highest BCUT2D eigenvalue weighted by molar-refractivity contribution is 5.86. The highest BCUT2D eigenvalue weighted by Crippen LogP contribution is 2.35. The van der Waals surface area contributed by atoms with Crippen molar-refractivity contribution in [1.29, 1.82) is 5.26 Å². The maximum atomic E-state index is 9.89. The minimum atomic E-state index is 0.742. The molecule has 2 aromatic heterocycles. The first-order chi connectivity index (χ1) is 13.4. The molecule has 0 aliphatic heterocycles. The Morgan fingerprint density at radius 2 is 1.70 bits per heavy atom. The Labute approximate surface area is 158 Å². The van der Waals surface area contributed by atoms with Crippen LogP contribution in [0.2, 0.25) is 0 Å². The van der Waals surface area contributed by atoms with Crippen LogP contribution in [0, 0.1) is 11.3 Å². The second-order valence-electron chi connectivity index (χ2n) is 7.10. The Kier molecular flexibility index (Phi) is 3.79. The number of imidazole rings is 1. The van der Waals surface area contributed by atoms with Gasteiger partial charge in [0.2, 0.25) is 0 Å². The van der Waals surface area contributed by atoms with Crippen LogP contribution in [0.3, 0.4) is 0 Å². The molecule has 27 heavy (non-hydrogen) atoms. The Hall–Kier alpha value is -3.32. The first-order valence-corrected chi connectivity index (χ1v) is 9.49. The molecule has 0 unspecified atom stereocenters. The largest absolute Gasteiger partial charge is 0.367 e. The van der Waals surface area contributed by atoms with Crippen LogP contribution in [-0.4, -0.2) is 9.38 Å². The van der Waals surface area contributed by atoms with Gasteiger partial charge in [0, 0.05) is 6.54 Å². The van der Waals surface area contributed by atoms with Crippen LogP contribution >= 0.6 is 0 Å². The molecule has 0 radical (unpaired) electrons. The van der Waals surface area contributed by atoms with Crippen LogP contribution in [0.15, 0.2) is 54.6 Å². The summed E-state index contributed by atoms with van der Waals surface area (Å²) in [6, 6.07) is 21.0. The third-order valence-corrected chi connectivity index (χ3v) is 5.48. The SMILES string of the molecule is N#Cc1c2c(c(NCc3ccccc3)n3c1nc1ccccc13)CCCC2. The predicted octanol–water partition coefficient (Wildman–Crippen LogP) is 4.85. The second-order valence-corrected chi connectivity index (χ2v) is 7.10. The van der Waals surface area contributed by atoms with Gasteiger partial charge in [-0.2, -0.15) is 5.26 Å². The fraction of sp³-hybridized carbons (Fsp3) is 0.217. The fourth-order valence-electron chi connectivity index (χ4n) is 4.22. The molecular weight excluding hydrogens is 332 g/mol. The van der Waals surface area contributed by atoms with E-state index in [-0.39, 0.29) is 0 Å². The standard InChI is InChI=1S/C23H20N4/c24-14-19-17-10-4-5-11-18(17)22(25-15-16-8-2-1-3-9-16)27-21-13-7-6-12-20(21)26-23(19)27/h1-3,6-9,12-13,25H,4-5,10-11,15H2.